The predicted molar refractivity (Wildman–Crippen MR) is 90.6 cm³/mol. The van der Waals surface area contributed by atoms with Gasteiger partial charge in [-0.3, -0.25) is 0 Å². The Hall–Kier alpha value is -2.57. The highest BCUT2D eigenvalue weighted by Crippen LogP contribution is 2.26. The number of hydrogen-bond acceptors (Lipinski definition) is 7. The minimum atomic E-state index is -0.651. The van der Waals surface area contributed by atoms with Gasteiger partial charge in [0.05, 0.1) is 6.61 Å². The van der Waals surface area contributed by atoms with Crippen LogP contribution < -0.4 is 9.47 Å². The number of esters is 1. The van der Waals surface area contributed by atoms with Crippen LogP contribution >= 0.6 is 0 Å². The zero-order valence-corrected chi connectivity index (χ0v) is 15.2. The zero-order chi connectivity index (χ0) is 18.4. The molecule has 25 heavy (non-hydrogen) atoms. The minimum absolute atomic E-state index is 0.239. The van der Waals surface area contributed by atoms with Gasteiger partial charge in [-0.1, -0.05) is 38.1 Å². The summed E-state index contributed by atoms with van der Waals surface area (Å²) in [6.07, 6.45) is -0.651. The van der Waals surface area contributed by atoms with E-state index >= 15 is 0 Å². The van der Waals surface area contributed by atoms with Crippen LogP contribution in [-0.4, -0.2) is 29.3 Å². The van der Waals surface area contributed by atoms with Gasteiger partial charge in [-0.2, -0.15) is 4.98 Å². The normalized spacial score (nSPS) is 12.5. The summed E-state index contributed by atoms with van der Waals surface area (Å²) in [6, 6.07) is 7.15. The zero-order valence-electron chi connectivity index (χ0n) is 15.2. The summed E-state index contributed by atoms with van der Waals surface area (Å²) in [6.45, 7) is 9.74. The molecule has 0 amide bonds. The summed E-state index contributed by atoms with van der Waals surface area (Å²) in [7, 11) is 0. The van der Waals surface area contributed by atoms with E-state index in [0.717, 1.165) is 0 Å². The Balaban J connectivity index is 1.91. The fourth-order valence-corrected chi connectivity index (χ4v) is 1.97. The molecule has 2 aromatic rings. The van der Waals surface area contributed by atoms with E-state index in [1.165, 1.54) is 0 Å². The molecule has 0 aliphatic heterocycles. The topological polar surface area (TPSA) is 83.7 Å². The van der Waals surface area contributed by atoms with E-state index in [2.05, 4.69) is 10.1 Å². The lowest BCUT2D eigenvalue weighted by molar-refractivity contribution is -0.152. The monoisotopic (exact) mass is 348 g/mol. The number of nitrogens with zero attached hydrogens (tertiary/aromatic N) is 2. The van der Waals surface area contributed by atoms with Gasteiger partial charge in [-0.15, -0.1) is 0 Å². The van der Waals surface area contributed by atoms with Crippen LogP contribution in [0, 0.1) is 0 Å². The molecule has 0 saturated heterocycles. The molecule has 1 aromatic carbocycles. The molecule has 0 aliphatic rings. The van der Waals surface area contributed by atoms with Crippen molar-refractivity contribution in [1.29, 1.82) is 0 Å². The molecule has 0 fully saturated rings. The van der Waals surface area contributed by atoms with Crippen molar-refractivity contribution in [2.45, 2.75) is 46.1 Å². The highest BCUT2D eigenvalue weighted by atomic mass is 16.6. The molecule has 7 heteroatoms. The number of para-hydroxylation sites is 2. The second-order valence-electron chi connectivity index (χ2n) is 6.51. The van der Waals surface area contributed by atoms with Crippen LogP contribution in [0.3, 0.4) is 0 Å². The molecule has 0 radical (unpaired) electrons. The van der Waals surface area contributed by atoms with Crippen molar-refractivity contribution in [2.75, 3.05) is 13.2 Å². The molecular weight excluding hydrogens is 324 g/mol. The Morgan fingerprint density at radius 3 is 2.40 bits per heavy atom. The van der Waals surface area contributed by atoms with E-state index in [9.17, 15) is 4.79 Å². The van der Waals surface area contributed by atoms with Crippen molar-refractivity contribution < 1.29 is 23.5 Å². The van der Waals surface area contributed by atoms with Gasteiger partial charge in [0.2, 0.25) is 0 Å². The lowest BCUT2D eigenvalue weighted by Crippen LogP contribution is -2.18. The highest BCUT2D eigenvalue weighted by molar-refractivity contribution is 5.71. The Labute approximate surface area is 147 Å². The number of aromatic nitrogens is 2. The Kier molecular flexibility index (Phi) is 6.01. The summed E-state index contributed by atoms with van der Waals surface area (Å²) >= 11 is 0. The predicted octanol–water partition coefficient (Wildman–Crippen LogP) is 3.45. The van der Waals surface area contributed by atoms with Crippen molar-refractivity contribution in [3.8, 4) is 11.5 Å². The third-order valence-corrected chi connectivity index (χ3v) is 3.26. The van der Waals surface area contributed by atoms with Crippen LogP contribution in [0.15, 0.2) is 28.8 Å². The third kappa shape index (κ3) is 5.20. The molecule has 1 atom stereocenters. The molecule has 1 unspecified atom stereocenters. The van der Waals surface area contributed by atoms with Gasteiger partial charge < -0.3 is 18.7 Å². The summed E-state index contributed by atoms with van der Waals surface area (Å²) in [5, 5.41) is 3.92. The average Bonchev–Trinajstić information content (AvgIpc) is 3.05. The molecule has 0 saturated carbocycles. The first-order chi connectivity index (χ1) is 11.8. The van der Waals surface area contributed by atoms with Crippen molar-refractivity contribution >= 4 is 5.97 Å². The second-order valence-corrected chi connectivity index (χ2v) is 6.51. The SMILES string of the molecule is CCOc1ccccc1OCC(=O)OC(C)c1nc(C(C)(C)C)no1. The van der Waals surface area contributed by atoms with Gasteiger partial charge in [-0.05, 0) is 26.0 Å². The minimum Gasteiger partial charge on any atom is -0.490 e. The second kappa shape index (κ2) is 8.00. The average molecular weight is 348 g/mol. The third-order valence-electron chi connectivity index (χ3n) is 3.26. The Bertz CT molecular complexity index is 705. The first-order valence-corrected chi connectivity index (χ1v) is 8.19. The first kappa shape index (κ1) is 18.8. The summed E-state index contributed by atoms with van der Waals surface area (Å²) in [4.78, 5) is 16.3. The molecule has 0 spiro atoms. The van der Waals surface area contributed by atoms with Crippen LogP contribution in [0.5, 0.6) is 11.5 Å². The van der Waals surface area contributed by atoms with Crippen molar-refractivity contribution in [3.05, 3.63) is 36.0 Å². The van der Waals surface area contributed by atoms with E-state index in [0.29, 0.717) is 23.9 Å². The standard InChI is InChI=1S/C18H24N2O5/c1-6-22-13-9-7-8-10-14(13)23-11-15(21)24-12(2)16-19-17(20-25-16)18(3,4)5/h7-10,12H,6,11H2,1-5H3. The molecular formula is C18H24N2O5. The van der Waals surface area contributed by atoms with Crippen LogP contribution in [0.4, 0.5) is 0 Å². The van der Waals surface area contributed by atoms with Gasteiger partial charge in [0, 0.05) is 5.41 Å². The van der Waals surface area contributed by atoms with E-state index < -0.39 is 12.1 Å². The van der Waals surface area contributed by atoms with E-state index in [4.69, 9.17) is 18.7 Å². The molecule has 0 bridgehead atoms. The molecule has 0 aliphatic carbocycles. The number of ether oxygens (including phenoxy) is 3. The largest absolute Gasteiger partial charge is 0.490 e. The molecule has 1 aromatic heterocycles. The summed E-state index contributed by atoms with van der Waals surface area (Å²) in [5.74, 6) is 1.36. The maximum absolute atomic E-state index is 12.0. The van der Waals surface area contributed by atoms with Crippen LogP contribution in [0.25, 0.3) is 0 Å². The van der Waals surface area contributed by atoms with Gasteiger partial charge in [0.1, 0.15) is 0 Å². The smallest absolute Gasteiger partial charge is 0.344 e. The van der Waals surface area contributed by atoms with E-state index in [-0.39, 0.29) is 17.9 Å². The molecule has 2 rings (SSSR count). The van der Waals surface area contributed by atoms with Crippen LogP contribution in [-0.2, 0) is 14.9 Å². The maximum atomic E-state index is 12.0. The summed E-state index contributed by atoms with van der Waals surface area (Å²) < 4.78 is 21.4. The quantitative estimate of drug-likeness (QED) is 0.709. The molecule has 0 N–H and O–H groups in total. The fourth-order valence-electron chi connectivity index (χ4n) is 1.97. The van der Waals surface area contributed by atoms with Gasteiger partial charge in [0.25, 0.3) is 5.89 Å². The Morgan fingerprint density at radius 2 is 1.84 bits per heavy atom. The summed E-state index contributed by atoms with van der Waals surface area (Å²) in [5.41, 5.74) is -0.239. The lowest BCUT2D eigenvalue weighted by atomic mass is 9.96. The molecule has 136 valence electrons. The number of rotatable bonds is 7. The number of carbonyl (C=O) groups is 1. The molecule has 7 nitrogen and oxygen atoms in total. The van der Waals surface area contributed by atoms with Crippen LogP contribution in [0.2, 0.25) is 0 Å². The van der Waals surface area contributed by atoms with E-state index in [1.54, 1.807) is 25.1 Å². The van der Waals surface area contributed by atoms with E-state index in [1.807, 2.05) is 33.8 Å². The van der Waals surface area contributed by atoms with Gasteiger partial charge in [-0.25, -0.2) is 4.79 Å². The lowest BCUT2D eigenvalue weighted by Gasteiger charge is -2.13. The van der Waals surface area contributed by atoms with Gasteiger partial charge >= 0.3 is 5.97 Å². The van der Waals surface area contributed by atoms with Gasteiger partial charge in [0.15, 0.2) is 30.0 Å². The van der Waals surface area contributed by atoms with Crippen LogP contribution in [0.1, 0.15) is 52.4 Å². The fraction of sp³-hybridized carbons (Fsp3) is 0.500. The van der Waals surface area contributed by atoms with Crippen molar-refractivity contribution in [2.24, 2.45) is 0 Å². The number of benzene rings is 1. The Morgan fingerprint density at radius 1 is 1.20 bits per heavy atom. The first-order valence-electron chi connectivity index (χ1n) is 8.19. The number of hydrogen-bond donors (Lipinski definition) is 0. The van der Waals surface area contributed by atoms with Crippen molar-refractivity contribution in [1.82, 2.24) is 10.1 Å². The highest BCUT2D eigenvalue weighted by Gasteiger charge is 2.25. The molecule has 1 heterocycles. The van der Waals surface area contributed by atoms with Crippen molar-refractivity contribution in [3.63, 3.8) is 0 Å². The maximum Gasteiger partial charge on any atom is 0.344 e. The number of carbonyl (C=O) groups excluding carboxylic acids is 1.